The lowest BCUT2D eigenvalue weighted by molar-refractivity contribution is 0.216. The fraction of sp³-hybridized carbons (Fsp3) is 0.545. The Kier molecular flexibility index (Phi) is 4.40. The molecular weight excluding hydrogens is 176 g/mol. The maximum atomic E-state index is 5.61. The molecule has 1 aromatic heterocycles. The molecule has 1 unspecified atom stereocenters. The van der Waals surface area contributed by atoms with E-state index in [1.807, 2.05) is 19.2 Å². The highest BCUT2D eigenvalue weighted by molar-refractivity contribution is 5.20. The van der Waals surface area contributed by atoms with Gasteiger partial charge >= 0.3 is 0 Å². The summed E-state index contributed by atoms with van der Waals surface area (Å²) >= 11 is 0. The summed E-state index contributed by atoms with van der Waals surface area (Å²) in [6.07, 6.45) is 3.05. The second kappa shape index (κ2) is 5.60. The van der Waals surface area contributed by atoms with Crippen LogP contribution in [0.2, 0.25) is 0 Å². The summed E-state index contributed by atoms with van der Waals surface area (Å²) in [5, 5.41) is 3.05. The largest absolute Gasteiger partial charge is 0.489 e. The molecule has 3 heteroatoms. The van der Waals surface area contributed by atoms with E-state index in [1.54, 1.807) is 6.20 Å². The van der Waals surface area contributed by atoms with Crippen LogP contribution < -0.4 is 10.1 Å². The highest BCUT2D eigenvalue weighted by atomic mass is 16.5. The first-order valence-corrected chi connectivity index (χ1v) is 5.02. The van der Waals surface area contributed by atoms with Gasteiger partial charge in [-0.3, -0.25) is 4.98 Å². The second-order valence-electron chi connectivity index (χ2n) is 3.35. The molecule has 0 fully saturated rings. The molecule has 1 aromatic rings. The van der Waals surface area contributed by atoms with Crippen molar-refractivity contribution in [2.24, 2.45) is 0 Å². The monoisotopic (exact) mass is 194 g/mol. The summed E-state index contributed by atoms with van der Waals surface area (Å²) in [4.78, 5) is 4.27. The van der Waals surface area contributed by atoms with Gasteiger partial charge in [-0.25, -0.2) is 0 Å². The second-order valence-corrected chi connectivity index (χ2v) is 3.35. The molecule has 0 saturated carbocycles. The van der Waals surface area contributed by atoms with Crippen molar-refractivity contribution in [3.63, 3.8) is 0 Å². The van der Waals surface area contributed by atoms with Gasteiger partial charge in [0.25, 0.3) is 0 Å². The highest BCUT2D eigenvalue weighted by Gasteiger charge is 2.01. The van der Waals surface area contributed by atoms with Gasteiger partial charge in [-0.2, -0.15) is 0 Å². The van der Waals surface area contributed by atoms with Crippen molar-refractivity contribution in [1.82, 2.24) is 10.3 Å². The Hall–Kier alpha value is -1.09. The zero-order valence-electron chi connectivity index (χ0n) is 9.08. The molecule has 0 aliphatic rings. The van der Waals surface area contributed by atoms with Crippen molar-refractivity contribution < 1.29 is 4.74 Å². The molecule has 3 nitrogen and oxygen atoms in total. The molecule has 14 heavy (non-hydrogen) atoms. The zero-order valence-corrected chi connectivity index (χ0v) is 9.08. The van der Waals surface area contributed by atoms with Crippen LogP contribution in [0.25, 0.3) is 0 Å². The standard InChI is InChI=1S/C11H18N2O/c1-4-9(2)14-11-6-5-10(7-12-3)13-8-11/h5-6,8-9,12H,4,7H2,1-3H3. The summed E-state index contributed by atoms with van der Waals surface area (Å²) in [6, 6.07) is 3.94. The average molecular weight is 194 g/mol. The summed E-state index contributed by atoms with van der Waals surface area (Å²) in [5.74, 6) is 0.846. The van der Waals surface area contributed by atoms with Gasteiger partial charge in [0, 0.05) is 6.54 Å². The van der Waals surface area contributed by atoms with E-state index in [1.165, 1.54) is 0 Å². The molecule has 0 spiro atoms. The van der Waals surface area contributed by atoms with Crippen molar-refractivity contribution in [3.05, 3.63) is 24.0 Å². The zero-order chi connectivity index (χ0) is 10.4. The lowest BCUT2D eigenvalue weighted by atomic mass is 10.3. The molecule has 0 saturated heterocycles. The van der Waals surface area contributed by atoms with Crippen molar-refractivity contribution >= 4 is 0 Å². The number of hydrogen-bond acceptors (Lipinski definition) is 3. The number of pyridine rings is 1. The van der Waals surface area contributed by atoms with Gasteiger partial charge in [0.05, 0.1) is 18.0 Å². The summed E-state index contributed by atoms with van der Waals surface area (Å²) in [5.41, 5.74) is 1.03. The summed E-state index contributed by atoms with van der Waals surface area (Å²) < 4.78 is 5.61. The SMILES string of the molecule is CCC(C)Oc1ccc(CNC)nc1. The van der Waals surface area contributed by atoms with E-state index in [2.05, 4.69) is 24.1 Å². The molecule has 1 N–H and O–H groups in total. The van der Waals surface area contributed by atoms with Crippen LogP contribution in [-0.2, 0) is 6.54 Å². The van der Waals surface area contributed by atoms with Crippen molar-refractivity contribution in [2.45, 2.75) is 32.9 Å². The minimum Gasteiger partial charge on any atom is -0.489 e. The lowest BCUT2D eigenvalue weighted by Gasteiger charge is -2.12. The Morgan fingerprint density at radius 2 is 2.29 bits per heavy atom. The van der Waals surface area contributed by atoms with E-state index in [9.17, 15) is 0 Å². The Morgan fingerprint density at radius 3 is 2.79 bits per heavy atom. The minimum absolute atomic E-state index is 0.256. The normalized spacial score (nSPS) is 12.5. The van der Waals surface area contributed by atoms with Crippen LogP contribution in [0.1, 0.15) is 26.0 Å². The van der Waals surface area contributed by atoms with E-state index in [-0.39, 0.29) is 6.10 Å². The van der Waals surface area contributed by atoms with E-state index in [4.69, 9.17) is 4.74 Å². The predicted octanol–water partition coefficient (Wildman–Crippen LogP) is 1.98. The van der Waals surface area contributed by atoms with Crippen molar-refractivity contribution in [2.75, 3.05) is 7.05 Å². The van der Waals surface area contributed by atoms with Crippen molar-refractivity contribution in [1.29, 1.82) is 0 Å². The lowest BCUT2D eigenvalue weighted by Crippen LogP contribution is -2.10. The Bertz CT molecular complexity index is 258. The third-order valence-electron chi connectivity index (χ3n) is 2.07. The van der Waals surface area contributed by atoms with Gasteiger partial charge in [-0.15, -0.1) is 0 Å². The first-order chi connectivity index (χ1) is 6.76. The van der Waals surface area contributed by atoms with Crippen LogP contribution in [0, 0.1) is 0 Å². The number of nitrogens with zero attached hydrogens (tertiary/aromatic N) is 1. The molecule has 0 aromatic carbocycles. The number of ether oxygens (including phenoxy) is 1. The van der Waals surface area contributed by atoms with Crippen LogP contribution >= 0.6 is 0 Å². The smallest absolute Gasteiger partial charge is 0.138 e. The number of hydrogen-bond donors (Lipinski definition) is 1. The Labute approximate surface area is 85.5 Å². The number of nitrogens with one attached hydrogen (secondary N) is 1. The number of aromatic nitrogens is 1. The molecule has 1 atom stereocenters. The maximum absolute atomic E-state index is 5.61. The quantitative estimate of drug-likeness (QED) is 0.778. The first kappa shape index (κ1) is 11.0. The van der Waals surface area contributed by atoms with Gasteiger partial charge in [0.15, 0.2) is 0 Å². The Morgan fingerprint density at radius 1 is 1.50 bits per heavy atom. The summed E-state index contributed by atoms with van der Waals surface area (Å²) in [7, 11) is 1.91. The summed E-state index contributed by atoms with van der Waals surface area (Å²) in [6.45, 7) is 4.96. The van der Waals surface area contributed by atoms with E-state index in [0.717, 1.165) is 24.4 Å². The third-order valence-corrected chi connectivity index (χ3v) is 2.07. The highest BCUT2D eigenvalue weighted by Crippen LogP contribution is 2.12. The van der Waals surface area contributed by atoms with Crippen LogP contribution in [0.3, 0.4) is 0 Å². The fourth-order valence-electron chi connectivity index (χ4n) is 1.08. The maximum Gasteiger partial charge on any atom is 0.138 e. The first-order valence-electron chi connectivity index (χ1n) is 5.02. The fourth-order valence-corrected chi connectivity index (χ4v) is 1.08. The Balaban J connectivity index is 2.54. The van der Waals surface area contributed by atoms with Crippen LogP contribution in [0.4, 0.5) is 0 Å². The molecule has 0 radical (unpaired) electrons. The van der Waals surface area contributed by atoms with Crippen LogP contribution in [0.15, 0.2) is 18.3 Å². The van der Waals surface area contributed by atoms with E-state index >= 15 is 0 Å². The molecule has 0 aliphatic heterocycles. The molecule has 1 heterocycles. The van der Waals surface area contributed by atoms with Gasteiger partial charge in [-0.05, 0) is 32.5 Å². The topological polar surface area (TPSA) is 34.1 Å². The molecule has 0 aliphatic carbocycles. The minimum atomic E-state index is 0.256. The molecule has 78 valence electrons. The van der Waals surface area contributed by atoms with Gasteiger partial charge in [0.2, 0.25) is 0 Å². The van der Waals surface area contributed by atoms with Crippen LogP contribution in [0.5, 0.6) is 5.75 Å². The average Bonchev–Trinajstić information content (AvgIpc) is 2.21. The van der Waals surface area contributed by atoms with E-state index in [0.29, 0.717) is 0 Å². The van der Waals surface area contributed by atoms with Gasteiger partial charge in [-0.1, -0.05) is 6.92 Å². The predicted molar refractivity (Wildman–Crippen MR) is 57.4 cm³/mol. The third kappa shape index (κ3) is 3.34. The molecular formula is C11H18N2O. The van der Waals surface area contributed by atoms with Gasteiger partial charge in [0.1, 0.15) is 5.75 Å². The van der Waals surface area contributed by atoms with Gasteiger partial charge < -0.3 is 10.1 Å². The number of rotatable bonds is 5. The molecule has 1 rings (SSSR count). The van der Waals surface area contributed by atoms with Crippen LogP contribution in [-0.4, -0.2) is 18.1 Å². The van der Waals surface area contributed by atoms with E-state index < -0.39 is 0 Å². The van der Waals surface area contributed by atoms with Crippen molar-refractivity contribution in [3.8, 4) is 5.75 Å². The molecule has 0 bridgehead atoms. The molecule has 0 amide bonds.